The molecule has 78 valence electrons. The summed E-state index contributed by atoms with van der Waals surface area (Å²) in [5.41, 5.74) is -0.920. The van der Waals surface area contributed by atoms with Crippen LogP contribution < -0.4 is 0 Å². The third kappa shape index (κ3) is 3.74. The molecule has 2 atom stereocenters. The molecule has 0 heterocycles. The van der Waals surface area contributed by atoms with Gasteiger partial charge in [-0.15, -0.1) is 0 Å². The maximum atomic E-state index is 10.9. The summed E-state index contributed by atoms with van der Waals surface area (Å²) in [5.74, 6) is -0.915. The van der Waals surface area contributed by atoms with Gasteiger partial charge in [-0.2, -0.15) is 0 Å². The zero-order valence-corrected chi connectivity index (χ0v) is 8.16. The molecular weight excluding hydrogens is 172 g/mol. The molecular formula is C9H18O4. The number of aliphatic hydroxyl groups is 2. The van der Waals surface area contributed by atoms with Crippen LogP contribution in [0, 0.1) is 5.41 Å². The monoisotopic (exact) mass is 190 g/mol. The van der Waals surface area contributed by atoms with Gasteiger partial charge >= 0.3 is 5.97 Å². The van der Waals surface area contributed by atoms with Gasteiger partial charge in [0.25, 0.3) is 0 Å². The van der Waals surface area contributed by atoms with E-state index in [1.54, 1.807) is 6.92 Å². The van der Waals surface area contributed by atoms with Crippen molar-refractivity contribution >= 4 is 5.97 Å². The Hall–Kier alpha value is -0.610. The van der Waals surface area contributed by atoms with Gasteiger partial charge in [0.15, 0.2) is 0 Å². The fourth-order valence-electron chi connectivity index (χ4n) is 1.43. The molecule has 0 bridgehead atoms. The number of carbonyl (C=O) groups is 1. The first kappa shape index (κ1) is 12.4. The summed E-state index contributed by atoms with van der Waals surface area (Å²) in [4.78, 5) is 10.9. The molecule has 0 amide bonds. The molecule has 0 spiro atoms. The van der Waals surface area contributed by atoms with Gasteiger partial charge in [-0.3, -0.25) is 4.79 Å². The number of rotatable bonds is 6. The second kappa shape index (κ2) is 5.19. The highest BCUT2D eigenvalue weighted by atomic mass is 16.4. The molecule has 0 aromatic heterocycles. The van der Waals surface area contributed by atoms with Crippen LogP contribution in [0.5, 0.6) is 0 Å². The average molecular weight is 190 g/mol. The Morgan fingerprint density at radius 2 is 2.08 bits per heavy atom. The zero-order valence-electron chi connectivity index (χ0n) is 8.16. The van der Waals surface area contributed by atoms with E-state index in [1.807, 2.05) is 6.92 Å². The van der Waals surface area contributed by atoms with E-state index in [9.17, 15) is 4.79 Å². The first-order chi connectivity index (χ1) is 5.96. The average Bonchev–Trinajstić information content (AvgIpc) is 2.04. The van der Waals surface area contributed by atoms with E-state index < -0.39 is 17.5 Å². The minimum atomic E-state index is -0.937. The third-order valence-electron chi connectivity index (χ3n) is 2.21. The maximum absolute atomic E-state index is 10.9. The topological polar surface area (TPSA) is 77.8 Å². The van der Waals surface area contributed by atoms with Crippen LogP contribution in [-0.4, -0.2) is 34.0 Å². The molecule has 0 rings (SSSR count). The lowest BCUT2D eigenvalue weighted by atomic mass is 9.80. The molecule has 13 heavy (non-hydrogen) atoms. The minimum Gasteiger partial charge on any atom is -0.481 e. The minimum absolute atomic E-state index is 0.104. The number of carboxylic acid groups (broad SMARTS) is 1. The normalized spacial score (nSPS) is 17.8. The zero-order chi connectivity index (χ0) is 10.5. The van der Waals surface area contributed by atoms with Crippen LogP contribution in [-0.2, 0) is 4.79 Å². The molecule has 4 nitrogen and oxygen atoms in total. The Bertz CT molecular complexity index is 169. The lowest BCUT2D eigenvalue weighted by molar-refractivity contribution is -0.150. The van der Waals surface area contributed by atoms with Gasteiger partial charge < -0.3 is 15.3 Å². The van der Waals surface area contributed by atoms with Crippen molar-refractivity contribution in [2.24, 2.45) is 5.41 Å². The highest BCUT2D eigenvalue weighted by molar-refractivity contribution is 5.74. The molecule has 3 N–H and O–H groups in total. The molecule has 0 saturated heterocycles. The smallest absolute Gasteiger partial charge is 0.309 e. The SMILES string of the molecule is CCCC(C)(CC(O)CO)C(=O)O. The van der Waals surface area contributed by atoms with Gasteiger partial charge in [0.1, 0.15) is 0 Å². The Labute approximate surface area is 78.2 Å². The fourth-order valence-corrected chi connectivity index (χ4v) is 1.43. The van der Waals surface area contributed by atoms with Crippen LogP contribution in [0.1, 0.15) is 33.1 Å². The van der Waals surface area contributed by atoms with Gasteiger partial charge in [0.05, 0.1) is 18.1 Å². The van der Waals surface area contributed by atoms with Crippen molar-refractivity contribution in [3.8, 4) is 0 Å². The Morgan fingerprint density at radius 3 is 2.38 bits per heavy atom. The van der Waals surface area contributed by atoms with E-state index in [4.69, 9.17) is 15.3 Å². The first-order valence-electron chi connectivity index (χ1n) is 4.48. The molecule has 0 saturated carbocycles. The fraction of sp³-hybridized carbons (Fsp3) is 0.889. The summed E-state index contributed by atoms with van der Waals surface area (Å²) in [6.07, 6.45) is 0.431. The van der Waals surface area contributed by atoms with Crippen LogP contribution >= 0.6 is 0 Å². The quantitative estimate of drug-likeness (QED) is 0.573. The van der Waals surface area contributed by atoms with Gasteiger partial charge in [-0.1, -0.05) is 13.3 Å². The van der Waals surface area contributed by atoms with Gasteiger partial charge in [0.2, 0.25) is 0 Å². The maximum Gasteiger partial charge on any atom is 0.309 e. The van der Waals surface area contributed by atoms with Crippen LogP contribution in [0.4, 0.5) is 0 Å². The van der Waals surface area contributed by atoms with Crippen molar-refractivity contribution in [3.63, 3.8) is 0 Å². The van der Waals surface area contributed by atoms with Gasteiger partial charge in [0, 0.05) is 0 Å². The molecule has 0 aliphatic rings. The second-order valence-corrected chi connectivity index (χ2v) is 3.66. The van der Waals surface area contributed by atoms with Crippen molar-refractivity contribution in [1.29, 1.82) is 0 Å². The Balaban J connectivity index is 4.32. The third-order valence-corrected chi connectivity index (χ3v) is 2.21. The molecule has 0 aliphatic heterocycles. The lowest BCUT2D eigenvalue weighted by Crippen LogP contribution is -2.33. The van der Waals surface area contributed by atoms with Crippen molar-refractivity contribution in [3.05, 3.63) is 0 Å². The highest BCUT2D eigenvalue weighted by Gasteiger charge is 2.34. The van der Waals surface area contributed by atoms with E-state index in [2.05, 4.69) is 0 Å². The summed E-state index contributed by atoms with van der Waals surface area (Å²) in [6, 6.07) is 0. The summed E-state index contributed by atoms with van der Waals surface area (Å²) < 4.78 is 0. The van der Waals surface area contributed by atoms with E-state index >= 15 is 0 Å². The van der Waals surface area contributed by atoms with Crippen molar-refractivity contribution < 1.29 is 20.1 Å². The summed E-state index contributed by atoms with van der Waals surface area (Å²) in [7, 11) is 0. The van der Waals surface area contributed by atoms with Crippen molar-refractivity contribution in [2.45, 2.75) is 39.2 Å². The van der Waals surface area contributed by atoms with E-state index in [0.717, 1.165) is 6.42 Å². The van der Waals surface area contributed by atoms with E-state index in [0.29, 0.717) is 6.42 Å². The van der Waals surface area contributed by atoms with E-state index in [-0.39, 0.29) is 13.0 Å². The predicted molar refractivity (Wildman–Crippen MR) is 48.4 cm³/mol. The number of aliphatic carboxylic acids is 1. The largest absolute Gasteiger partial charge is 0.481 e. The van der Waals surface area contributed by atoms with Crippen LogP contribution in [0.15, 0.2) is 0 Å². The van der Waals surface area contributed by atoms with E-state index in [1.165, 1.54) is 0 Å². The molecule has 0 aromatic rings. The summed E-state index contributed by atoms with van der Waals surface area (Å²) in [5, 5.41) is 26.7. The van der Waals surface area contributed by atoms with Crippen molar-refractivity contribution in [1.82, 2.24) is 0 Å². The highest BCUT2D eigenvalue weighted by Crippen LogP contribution is 2.29. The first-order valence-corrected chi connectivity index (χ1v) is 4.48. The Kier molecular flexibility index (Phi) is 4.95. The van der Waals surface area contributed by atoms with Gasteiger partial charge in [-0.05, 0) is 19.8 Å². The summed E-state index contributed by atoms with van der Waals surface area (Å²) >= 11 is 0. The molecule has 0 radical (unpaired) electrons. The molecule has 0 aromatic carbocycles. The summed E-state index contributed by atoms with van der Waals surface area (Å²) in [6.45, 7) is 3.11. The number of aliphatic hydroxyl groups excluding tert-OH is 2. The molecule has 4 heteroatoms. The lowest BCUT2D eigenvalue weighted by Gasteiger charge is -2.26. The number of carboxylic acids is 1. The van der Waals surface area contributed by atoms with Crippen LogP contribution in [0.2, 0.25) is 0 Å². The number of hydrogen-bond acceptors (Lipinski definition) is 3. The standard InChI is InChI=1S/C9H18O4/c1-3-4-9(2,8(12)13)5-7(11)6-10/h7,10-11H,3-6H2,1-2H3,(H,12,13). The molecule has 0 fully saturated rings. The number of hydrogen-bond donors (Lipinski definition) is 3. The molecule has 2 unspecified atom stereocenters. The Morgan fingerprint density at radius 1 is 1.54 bits per heavy atom. The van der Waals surface area contributed by atoms with Crippen molar-refractivity contribution in [2.75, 3.05) is 6.61 Å². The van der Waals surface area contributed by atoms with Gasteiger partial charge in [-0.25, -0.2) is 0 Å². The van der Waals surface area contributed by atoms with Crippen LogP contribution in [0.3, 0.4) is 0 Å². The molecule has 0 aliphatic carbocycles. The predicted octanol–water partition coefficient (Wildman–Crippen LogP) is 0.621. The van der Waals surface area contributed by atoms with Crippen LogP contribution in [0.25, 0.3) is 0 Å². The second-order valence-electron chi connectivity index (χ2n) is 3.66.